The third kappa shape index (κ3) is 4.90. The van der Waals surface area contributed by atoms with E-state index in [1.54, 1.807) is 13.3 Å². The molecule has 1 aliphatic rings. The van der Waals surface area contributed by atoms with Crippen molar-refractivity contribution in [3.8, 4) is 5.88 Å². The molecule has 0 unspecified atom stereocenters. The first-order valence-corrected chi connectivity index (χ1v) is 8.12. The van der Waals surface area contributed by atoms with Gasteiger partial charge in [-0.25, -0.2) is 4.98 Å². The Morgan fingerprint density at radius 2 is 2.00 bits per heavy atom. The molecule has 0 atom stereocenters. The van der Waals surface area contributed by atoms with E-state index in [2.05, 4.69) is 36.5 Å². The summed E-state index contributed by atoms with van der Waals surface area (Å²) in [7, 11) is 1.60. The average Bonchev–Trinajstić information content (AvgIpc) is 2.74. The maximum atomic E-state index is 5.15. The van der Waals surface area contributed by atoms with Crippen molar-refractivity contribution in [3.05, 3.63) is 10.7 Å². The summed E-state index contributed by atoms with van der Waals surface area (Å²) in [5.74, 6) is 1.16. The van der Waals surface area contributed by atoms with E-state index in [4.69, 9.17) is 4.74 Å². The lowest BCUT2D eigenvalue weighted by molar-refractivity contribution is 0.394. The maximum absolute atomic E-state index is 5.15. The van der Waals surface area contributed by atoms with Gasteiger partial charge in [0.1, 0.15) is 0 Å². The summed E-state index contributed by atoms with van der Waals surface area (Å²) >= 11 is 3.34. The van der Waals surface area contributed by atoms with E-state index in [-0.39, 0.29) is 0 Å². The van der Waals surface area contributed by atoms with Gasteiger partial charge >= 0.3 is 0 Å². The van der Waals surface area contributed by atoms with Crippen LogP contribution in [0.5, 0.6) is 5.88 Å². The molecule has 0 aliphatic heterocycles. The molecule has 0 amide bonds. The van der Waals surface area contributed by atoms with Crippen molar-refractivity contribution < 1.29 is 4.74 Å². The summed E-state index contributed by atoms with van der Waals surface area (Å²) < 4.78 is 5.91. The summed E-state index contributed by atoms with van der Waals surface area (Å²) in [4.78, 5) is 8.48. The lowest BCUT2D eigenvalue weighted by Gasteiger charge is -2.16. The molecular formula is C14H23BrN4O. The second-order valence-corrected chi connectivity index (χ2v) is 5.97. The summed E-state index contributed by atoms with van der Waals surface area (Å²) in [5, 5.41) is 6.83. The minimum atomic E-state index is 0.555. The molecule has 0 spiro atoms. The van der Waals surface area contributed by atoms with Crippen LogP contribution in [-0.2, 0) is 0 Å². The van der Waals surface area contributed by atoms with E-state index in [0.29, 0.717) is 17.9 Å². The third-order valence-electron chi connectivity index (χ3n) is 3.60. The Balaban J connectivity index is 1.70. The van der Waals surface area contributed by atoms with Crippen molar-refractivity contribution in [1.82, 2.24) is 15.3 Å². The number of hydrogen-bond donors (Lipinski definition) is 2. The predicted molar refractivity (Wildman–Crippen MR) is 84.3 cm³/mol. The van der Waals surface area contributed by atoms with Crippen LogP contribution >= 0.6 is 15.9 Å². The molecule has 2 rings (SSSR count). The smallest absolute Gasteiger partial charge is 0.232 e. The Morgan fingerprint density at radius 3 is 2.70 bits per heavy atom. The summed E-state index contributed by atoms with van der Waals surface area (Å²) in [6, 6.07) is 0.680. The van der Waals surface area contributed by atoms with E-state index in [9.17, 15) is 0 Å². The molecule has 112 valence electrons. The highest BCUT2D eigenvalue weighted by Gasteiger charge is 2.11. The zero-order chi connectivity index (χ0) is 14.2. The highest BCUT2D eigenvalue weighted by molar-refractivity contribution is 9.10. The fraction of sp³-hybridized carbons (Fsp3) is 0.714. The van der Waals surface area contributed by atoms with Gasteiger partial charge in [0.2, 0.25) is 11.8 Å². The van der Waals surface area contributed by atoms with Crippen molar-refractivity contribution in [2.45, 2.75) is 44.6 Å². The molecule has 1 aliphatic carbocycles. The Hall–Kier alpha value is -0.880. The Bertz CT molecular complexity index is 408. The number of nitrogens with zero attached hydrogens (tertiary/aromatic N) is 2. The number of anilines is 1. The minimum Gasteiger partial charge on any atom is -0.480 e. The number of hydrogen-bond acceptors (Lipinski definition) is 5. The molecule has 1 heterocycles. The van der Waals surface area contributed by atoms with Crippen LogP contribution < -0.4 is 15.4 Å². The average molecular weight is 343 g/mol. The van der Waals surface area contributed by atoms with Crippen LogP contribution in [0.25, 0.3) is 0 Å². The van der Waals surface area contributed by atoms with E-state index in [0.717, 1.165) is 17.6 Å². The van der Waals surface area contributed by atoms with Gasteiger partial charge in [-0.15, -0.1) is 0 Å². The van der Waals surface area contributed by atoms with Gasteiger partial charge in [-0.05, 0) is 28.8 Å². The zero-order valence-electron chi connectivity index (χ0n) is 12.0. The Morgan fingerprint density at radius 1 is 1.25 bits per heavy atom. The maximum Gasteiger partial charge on any atom is 0.232 e. The van der Waals surface area contributed by atoms with Gasteiger partial charge in [0.15, 0.2) is 0 Å². The molecule has 1 saturated carbocycles. The fourth-order valence-corrected chi connectivity index (χ4v) is 2.87. The standard InChI is InChI=1S/C14H23BrN4O/c1-20-13-12(15)10-18-14(19-13)17-9-8-16-11-6-4-2-3-5-7-11/h10-11,16H,2-9H2,1H3,(H,17,18,19). The van der Waals surface area contributed by atoms with E-state index in [1.807, 2.05) is 0 Å². The number of aromatic nitrogens is 2. The molecule has 6 heteroatoms. The monoisotopic (exact) mass is 342 g/mol. The van der Waals surface area contributed by atoms with Crippen molar-refractivity contribution in [2.75, 3.05) is 25.5 Å². The van der Waals surface area contributed by atoms with Crippen LogP contribution in [0.2, 0.25) is 0 Å². The number of rotatable bonds is 6. The minimum absolute atomic E-state index is 0.555. The quantitative estimate of drug-likeness (QED) is 0.614. The van der Waals surface area contributed by atoms with E-state index < -0.39 is 0 Å². The molecule has 0 saturated heterocycles. The first kappa shape index (κ1) is 15.5. The van der Waals surface area contributed by atoms with Gasteiger partial charge in [0, 0.05) is 19.1 Å². The molecular weight excluding hydrogens is 320 g/mol. The SMILES string of the molecule is COc1nc(NCCNC2CCCCCC2)ncc1Br. The molecule has 20 heavy (non-hydrogen) atoms. The number of halogens is 1. The first-order valence-electron chi connectivity index (χ1n) is 7.33. The zero-order valence-corrected chi connectivity index (χ0v) is 13.6. The highest BCUT2D eigenvalue weighted by Crippen LogP contribution is 2.21. The lowest BCUT2D eigenvalue weighted by atomic mass is 10.1. The molecule has 1 aromatic heterocycles. The second-order valence-electron chi connectivity index (χ2n) is 5.12. The van der Waals surface area contributed by atoms with Gasteiger partial charge in [-0.1, -0.05) is 25.7 Å². The summed E-state index contributed by atoms with van der Waals surface area (Å²) in [6.07, 6.45) is 9.82. The van der Waals surface area contributed by atoms with Crippen molar-refractivity contribution in [3.63, 3.8) is 0 Å². The first-order chi connectivity index (χ1) is 9.79. The van der Waals surface area contributed by atoms with Crippen LogP contribution in [0.15, 0.2) is 10.7 Å². The van der Waals surface area contributed by atoms with E-state index >= 15 is 0 Å². The molecule has 5 nitrogen and oxygen atoms in total. The van der Waals surface area contributed by atoms with Crippen LogP contribution in [0.3, 0.4) is 0 Å². The highest BCUT2D eigenvalue weighted by atomic mass is 79.9. The molecule has 2 N–H and O–H groups in total. The molecule has 0 bridgehead atoms. The van der Waals surface area contributed by atoms with Crippen LogP contribution in [-0.4, -0.2) is 36.2 Å². The van der Waals surface area contributed by atoms with E-state index in [1.165, 1.54) is 38.5 Å². The molecule has 0 aromatic carbocycles. The Kier molecular flexibility index (Phi) is 6.53. The van der Waals surface area contributed by atoms with Gasteiger partial charge < -0.3 is 15.4 Å². The van der Waals surface area contributed by atoms with Gasteiger partial charge in [-0.3, -0.25) is 0 Å². The predicted octanol–water partition coefficient (Wildman–Crippen LogP) is 2.97. The summed E-state index contributed by atoms with van der Waals surface area (Å²) in [6.45, 7) is 1.76. The largest absolute Gasteiger partial charge is 0.480 e. The lowest BCUT2D eigenvalue weighted by Crippen LogP contribution is -2.32. The number of nitrogens with one attached hydrogen (secondary N) is 2. The van der Waals surface area contributed by atoms with Crippen molar-refractivity contribution in [2.24, 2.45) is 0 Å². The van der Waals surface area contributed by atoms with Crippen molar-refractivity contribution >= 4 is 21.9 Å². The van der Waals surface area contributed by atoms with Gasteiger partial charge in [0.25, 0.3) is 0 Å². The van der Waals surface area contributed by atoms with Crippen molar-refractivity contribution in [1.29, 1.82) is 0 Å². The topological polar surface area (TPSA) is 59.1 Å². The second kappa shape index (κ2) is 8.42. The van der Waals surface area contributed by atoms with Gasteiger partial charge in [0.05, 0.1) is 17.8 Å². The number of methoxy groups -OCH3 is 1. The third-order valence-corrected chi connectivity index (χ3v) is 4.15. The van der Waals surface area contributed by atoms with Crippen LogP contribution in [0, 0.1) is 0 Å². The molecule has 1 aromatic rings. The Labute approximate surface area is 129 Å². The normalized spacial score (nSPS) is 16.7. The van der Waals surface area contributed by atoms with Gasteiger partial charge in [-0.2, -0.15) is 4.98 Å². The molecule has 1 fully saturated rings. The fourth-order valence-electron chi connectivity index (χ4n) is 2.51. The van der Waals surface area contributed by atoms with Crippen LogP contribution in [0.4, 0.5) is 5.95 Å². The summed E-state index contributed by atoms with van der Waals surface area (Å²) in [5.41, 5.74) is 0. The van der Waals surface area contributed by atoms with Crippen LogP contribution in [0.1, 0.15) is 38.5 Å². The molecule has 0 radical (unpaired) electrons. The number of ether oxygens (including phenoxy) is 1.